The Balaban J connectivity index is 1.34. The Morgan fingerprint density at radius 1 is 0.968 bits per heavy atom. The SMILES string of the molecule is Cc1ccc(/C=N\NC(=O)c2ccc(CN3CCc4ccccc4C3)cc2)c(C)c1C. The topological polar surface area (TPSA) is 44.7 Å². The molecule has 4 heteroatoms. The van der Waals surface area contributed by atoms with Crippen LogP contribution in [0.2, 0.25) is 0 Å². The molecule has 158 valence electrons. The van der Waals surface area contributed by atoms with Crippen LogP contribution < -0.4 is 5.43 Å². The summed E-state index contributed by atoms with van der Waals surface area (Å²) in [6.07, 6.45) is 2.80. The quantitative estimate of drug-likeness (QED) is 0.478. The number of hydrogen-bond acceptors (Lipinski definition) is 3. The van der Waals surface area contributed by atoms with Gasteiger partial charge in [-0.15, -0.1) is 0 Å². The number of hydrazone groups is 1. The van der Waals surface area contributed by atoms with Crippen molar-refractivity contribution in [3.8, 4) is 0 Å². The number of carbonyl (C=O) groups excluding carboxylic acids is 1. The van der Waals surface area contributed by atoms with E-state index in [2.05, 4.69) is 66.5 Å². The minimum atomic E-state index is -0.198. The van der Waals surface area contributed by atoms with Gasteiger partial charge >= 0.3 is 0 Å². The van der Waals surface area contributed by atoms with E-state index in [1.165, 1.54) is 33.4 Å². The number of nitrogens with one attached hydrogen (secondary N) is 1. The fraction of sp³-hybridized carbons (Fsp3) is 0.259. The van der Waals surface area contributed by atoms with Crippen molar-refractivity contribution < 1.29 is 4.79 Å². The molecule has 1 aliphatic rings. The van der Waals surface area contributed by atoms with Crippen LogP contribution in [-0.4, -0.2) is 23.6 Å². The Morgan fingerprint density at radius 2 is 1.71 bits per heavy atom. The van der Waals surface area contributed by atoms with Crippen LogP contribution in [0.15, 0.2) is 65.8 Å². The monoisotopic (exact) mass is 411 g/mol. The molecule has 0 unspecified atom stereocenters. The average molecular weight is 412 g/mol. The van der Waals surface area contributed by atoms with E-state index in [4.69, 9.17) is 0 Å². The fourth-order valence-corrected chi connectivity index (χ4v) is 4.05. The van der Waals surface area contributed by atoms with Crippen molar-refractivity contribution in [1.29, 1.82) is 0 Å². The fourth-order valence-electron chi connectivity index (χ4n) is 4.05. The maximum atomic E-state index is 12.4. The third-order valence-corrected chi connectivity index (χ3v) is 6.30. The van der Waals surface area contributed by atoms with E-state index in [1.54, 1.807) is 6.21 Å². The molecule has 1 heterocycles. The molecular formula is C27H29N3O. The van der Waals surface area contributed by atoms with E-state index in [1.807, 2.05) is 30.3 Å². The van der Waals surface area contributed by atoms with Gasteiger partial charge in [0, 0.05) is 25.2 Å². The van der Waals surface area contributed by atoms with Gasteiger partial charge in [0.15, 0.2) is 0 Å². The van der Waals surface area contributed by atoms with Crippen molar-refractivity contribution in [2.24, 2.45) is 5.10 Å². The molecule has 4 rings (SSSR count). The molecule has 4 nitrogen and oxygen atoms in total. The maximum absolute atomic E-state index is 12.4. The van der Waals surface area contributed by atoms with Crippen LogP contribution in [0.25, 0.3) is 0 Å². The van der Waals surface area contributed by atoms with E-state index in [9.17, 15) is 4.79 Å². The van der Waals surface area contributed by atoms with Crippen LogP contribution in [0.1, 0.15) is 49.3 Å². The van der Waals surface area contributed by atoms with Crippen LogP contribution >= 0.6 is 0 Å². The lowest BCUT2D eigenvalue weighted by molar-refractivity contribution is 0.0955. The third-order valence-electron chi connectivity index (χ3n) is 6.30. The van der Waals surface area contributed by atoms with Gasteiger partial charge in [-0.2, -0.15) is 5.10 Å². The number of benzene rings is 3. The van der Waals surface area contributed by atoms with Gasteiger partial charge in [0.05, 0.1) is 6.21 Å². The molecule has 3 aromatic rings. The van der Waals surface area contributed by atoms with Crippen LogP contribution in [0.5, 0.6) is 0 Å². The Kier molecular flexibility index (Phi) is 6.28. The summed E-state index contributed by atoms with van der Waals surface area (Å²) in [5.41, 5.74) is 12.1. The Bertz CT molecular complexity index is 1120. The second-order valence-corrected chi connectivity index (χ2v) is 8.35. The number of hydrogen-bond donors (Lipinski definition) is 1. The molecule has 31 heavy (non-hydrogen) atoms. The van der Waals surface area contributed by atoms with Gasteiger partial charge in [-0.05, 0) is 78.3 Å². The summed E-state index contributed by atoms with van der Waals surface area (Å²) in [6.45, 7) is 9.20. The molecule has 0 spiro atoms. The number of amides is 1. The predicted molar refractivity (Wildman–Crippen MR) is 126 cm³/mol. The molecule has 3 aromatic carbocycles. The first-order valence-corrected chi connectivity index (χ1v) is 10.8. The molecule has 1 aliphatic heterocycles. The number of nitrogens with zero attached hydrogens (tertiary/aromatic N) is 2. The highest BCUT2D eigenvalue weighted by Gasteiger charge is 2.16. The Labute approximate surface area is 184 Å². The summed E-state index contributed by atoms with van der Waals surface area (Å²) >= 11 is 0. The highest BCUT2D eigenvalue weighted by molar-refractivity contribution is 5.95. The molecule has 0 saturated heterocycles. The minimum Gasteiger partial charge on any atom is -0.294 e. The first kappa shape index (κ1) is 21.0. The lowest BCUT2D eigenvalue weighted by atomic mass is 9.99. The first-order chi connectivity index (χ1) is 15.0. The van der Waals surface area contributed by atoms with Gasteiger partial charge in [-0.1, -0.05) is 48.5 Å². The molecule has 0 saturated carbocycles. The second kappa shape index (κ2) is 9.27. The summed E-state index contributed by atoms with van der Waals surface area (Å²) in [5, 5.41) is 4.15. The van der Waals surface area contributed by atoms with Crippen LogP contribution in [0, 0.1) is 20.8 Å². The lowest BCUT2D eigenvalue weighted by Crippen LogP contribution is -2.30. The predicted octanol–water partition coefficient (Wildman–Crippen LogP) is 4.93. The normalized spacial score (nSPS) is 13.9. The molecule has 0 aromatic heterocycles. The summed E-state index contributed by atoms with van der Waals surface area (Å²) in [6, 6.07) is 20.6. The molecule has 0 fully saturated rings. The van der Waals surface area contributed by atoms with Gasteiger partial charge in [0.1, 0.15) is 0 Å². The van der Waals surface area contributed by atoms with E-state index < -0.39 is 0 Å². The molecule has 0 atom stereocenters. The average Bonchev–Trinajstić information content (AvgIpc) is 2.79. The van der Waals surface area contributed by atoms with E-state index in [0.29, 0.717) is 5.56 Å². The standard InChI is InChI=1S/C27H29N3O/c1-19-8-11-25(21(3)20(19)2)16-28-29-27(31)24-12-9-22(10-13-24)17-30-15-14-23-6-4-5-7-26(23)18-30/h4-13,16H,14-15,17-18H2,1-3H3,(H,29,31)/b28-16-. The van der Waals surface area contributed by atoms with Crippen LogP contribution in [0.4, 0.5) is 0 Å². The number of fused-ring (bicyclic) bond motifs is 1. The summed E-state index contributed by atoms with van der Waals surface area (Å²) < 4.78 is 0. The largest absolute Gasteiger partial charge is 0.294 e. The lowest BCUT2D eigenvalue weighted by Gasteiger charge is -2.28. The van der Waals surface area contributed by atoms with Gasteiger partial charge < -0.3 is 0 Å². The molecule has 1 amide bonds. The highest BCUT2D eigenvalue weighted by Crippen LogP contribution is 2.20. The zero-order valence-electron chi connectivity index (χ0n) is 18.5. The Morgan fingerprint density at radius 3 is 2.48 bits per heavy atom. The van der Waals surface area contributed by atoms with Gasteiger partial charge in [-0.3, -0.25) is 9.69 Å². The van der Waals surface area contributed by atoms with Crippen molar-refractivity contribution >= 4 is 12.1 Å². The molecule has 0 radical (unpaired) electrons. The first-order valence-electron chi connectivity index (χ1n) is 10.8. The van der Waals surface area contributed by atoms with Gasteiger partial charge in [0.25, 0.3) is 5.91 Å². The molecule has 0 aliphatic carbocycles. The zero-order valence-corrected chi connectivity index (χ0v) is 18.5. The third kappa shape index (κ3) is 4.92. The van der Waals surface area contributed by atoms with E-state index >= 15 is 0 Å². The van der Waals surface area contributed by atoms with Crippen LogP contribution in [-0.2, 0) is 19.5 Å². The summed E-state index contributed by atoms with van der Waals surface area (Å²) in [4.78, 5) is 14.9. The number of carbonyl (C=O) groups is 1. The van der Waals surface area contributed by atoms with Crippen molar-refractivity contribution in [2.75, 3.05) is 6.54 Å². The smallest absolute Gasteiger partial charge is 0.271 e. The van der Waals surface area contributed by atoms with Gasteiger partial charge in [0.2, 0.25) is 0 Å². The number of rotatable bonds is 5. The van der Waals surface area contributed by atoms with Crippen molar-refractivity contribution in [1.82, 2.24) is 10.3 Å². The molecule has 1 N–H and O–H groups in total. The van der Waals surface area contributed by atoms with E-state index in [-0.39, 0.29) is 5.91 Å². The molecule has 0 bridgehead atoms. The summed E-state index contributed by atoms with van der Waals surface area (Å²) in [7, 11) is 0. The van der Waals surface area contributed by atoms with Crippen molar-refractivity contribution in [3.63, 3.8) is 0 Å². The minimum absolute atomic E-state index is 0.198. The van der Waals surface area contributed by atoms with Crippen molar-refractivity contribution in [3.05, 3.63) is 105 Å². The Hall–Kier alpha value is -3.24. The highest BCUT2D eigenvalue weighted by atomic mass is 16.2. The summed E-state index contributed by atoms with van der Waals surface area (Å²) in [5.74, 6) is -0.198. The van der Waals surface area contributed by atoms with E-state index in [0.717, 1.165) is 31.6 Å². The van der Waals surface area contributed by atoms with Gasteiger partial charge in [-0.25, -0.2) is 5.43 Å². The maximum Gasteiger partial charge on any atom is 0.271 e. The molecular weight excluding hydrogens is 382 g/mol. The second-order valence-electron chi connectivity index (χ2n) is 8.35. The number of aryl methyl sites for hydroxylation is 1. The van der Waals surface area contributed by atoms with Crippen LogP contribution in [0.3, 0.4) is 0 Å². The zero-order chi connectivity index (χ0) is 21.8. The van der Waals surface area contributed by atoms with Crippen molar-refractivity contribution in [2.45, 2.75) is 40.3 Å².